The number of aryl methyl sites for hydroxylation is 1. The number of nitrogens with zero attached hydrogens (tertiary/aromatic N) is 3. The first-order valence-electron chi connectivity index (χ1n) is 10.1. The Hall–Kier alpha value is -2.89. The molecule has 1 amide bonds. The van der Waals surface area contributed by atoms with Crippen molar-refractivity contribution in [3.63, 3.8) is 0 Å². The highest BCUT2D eigenvalue weighted by Crippen LogP contribution is 2.26. The molecule has 6 heteroatoms. The van der Waals surface area contributed by atoms with Gasteiger partial charge in [-0.15, -0.1) is 0 Å². The number of fused-ring (bicyclic) bond motifs is 1. The largest absolute Gasteiger partial charge is 0.354 e. The number of carbonyl (C=O) groups excluding carboxylic acids is 1. The van der Waals surface area contributed by atoms with Crippen molar-refractivity contribution in [1.29, 1.82) is 0 Å². The molecule has 1 aliphatic heterocycles. The van der Waals surface area contributed by atoms with Gasteiger partial charge in [0, 0.05) is 48.4 Å². The number of hydrogen-bond donors (Lipinski definition) is 1. The van der Waals surface area contributed by atoms with Crippen molar-refractivity contribution in [2.45, 2.75) is 6.92 Å². The quantitative estimate of drug-likeness (QED) is 0.626. The molecule has 2 heterocycles. The number of aromatic nitrogens is 1. The standard InChI is InChI=1S/C24H25ClN4O/c1-17-14-23(29-12-10-28(2)11-13-29)27-22-8-7-20(16-21(17)22)26-24(30)9-6-18-4-3-5-19(25)15-18/h3-9,14-16H,10-13H2,1-2H3,(H,26,30)/b9-6+. The summed E-state index contributed by atoms with van der Waals surface area (Å²) in [4.78, 5) is 21.8. The molecule has 1 N–H and O–H groups in total. The maximum absolute atomic E-state index is 12.3. The third-order valence-electron chi connectivity index (χ3n) is 5.37. The summed E-state index contributed by atoms with van der Waals surface area (Å²) in [6.07, 6.45) is 3.26. The molecule has 0 bridgehead atoms. The zero-order valence-electron chi connectivity index (χ0n) is 17.2. The lowest BCUT2D eigenvalue weighted by molar-refractivity contribution is -0.111. The summed E-state index contributed by atoms with van der Waals surface area (Å²) in [7, 11) is 2.15. The molecule has 1 aromatic heterocycles. The van der Waals surface area contributed by atoms with Crippen molar-refractivity contribution < 1.29 is 4.79 Å². The van der Waals surface area contributed by atoms with E-state index in [0.29, 0.717) is 5.02 Å². The number of amides is 1. The fraction of sp³-hybridized carbons (Fsp3) is 0.250. The summed E-state index contributed by atoms with van der Waals surface area (Å²) in [6, 6.07) is 15.4. The normalized spacial score (nSPS) is 15.1. The van der Waals surface area contributed by atoms with Gasteiger partial charge in [-0.05, 0) is 67.6 Å². The third kappa shape index (κ3) is 4.81. The second kappa shape index (κ2) is 8.86. The summed E-state index contributed by atoms with van der Waals surface area (Å²) < 4.78 is 0. The van der Waals surface area contributed by atoms with Crippen molar-refractivity contribution in [2.24, 2.45) is 0 Å². The molecule has 154 valence electrons. The summed E-state index contributed by atoms with van der Waals surface area (Å²) in [5.41, 5.74) is 3.73. The van der Waals surface area contributed by atoms with Crippen molar-refractivity contribution >= 4 is 46.0 Å². The van der Waals surface area contributed by atoms with Gasteiger partial charge < -0.3 is 15.1 Å². The van der Waals surface area contributed by atoms with E-state index in [-0.39, 0.29) is 5.91 Å². The number of anilines is 2. The van der Waals surface area contributed by atoms with Gasteiger partial charge in [-0.2, -0.15) is 0 Å². The Morgan fingerprint density at radius 2 is 1.90 bits per heavy atom. The predicted octanol–water partition coefficient (Wildman–Crippen LogP) is 4.60. The van der Waals surface area contributed by atoms with Gasteiger partial charge in [0.1, 0.15) is 5.82 Å². The molecule has 5 nitrogen and oxygen atoms in total. The minimum absolute atomic E-state index is 0.186. The molecule has 0 aliphatic carbocycles. The molecular formula is C24H25ClN4O. The van der Waals surface area contributed by atoms with Crippen molar-refractivity contribution in [1.82, 2.24) is 9.88 Å². The van der Waals surface area contributed by atoms with E-state index in [1.54, 1.807) is 12.1 Å². The van der Waals surface area contributed by atoms with Crippen LogP contribution in [-0.2, 0) is 4.79 Å². The summed E-state index contributed by atoms with van der Waals surface area (Å²) in [5.74, 6) is 0.836. The molecule has 4 rings (SSSR count). The lowest BCUT2D eigenvalue weighted by Gasteiger charge is -2.33. The van der Waals surface area contributed by atoms with Gasteiger partial charge in [0.25, 0.3) is 0 Å². The van der Waals surface area contributed by atoms with E-state index in [1.807, 2.05) is 36.4 Å². The number of piperazine rings is 1. The number of pyridine rings is 1. The van der Waals surface area contributed by atoms with Crippen LogP contribution < -0.4 is 10.2 Å². The van der Waals surface area contributed by atoms with Crippen molar-refractivity contribution in [3.8, 4) is 0 Å². The second-order valence-electron chi connectivity index (χ2n) is 7.70. The van der Waals surface area contributed by atoms with E-state index in [1.165, 1.54) is 6.08 Å². The van der Waals surface area contributed by atoms with Crippen LogP contribution in [0.4, 0.5) is 11.5 Å². The molecule has 0 saturated carbocycles. The number of nitrogens with one attached hydrogen (secondary N) is 1. The molecule has 3 aromatic rings. The van der Waals surface area contributed by atoms with E-state index in [2.05, 4.69) is 35.2 Å². The zero-order valence-corrected chi connectivity index (χ0v) is 18.0. The van der Waals surface area contributed by atoms with Crippen molar-refractivity contribution in [3.05, 3.63) is 70.8 Å². The lowest BCUT2D eigenvalue weighted by Crippen LogP contribution is -2.44. The maximum atomic E-state index is 12.3. The van der Waals surface area contributed by atoms with E-state index >= 15 is 0 Å². The molecule has 0 unspecified atom stereocenters. The first-order valence-corrected chi connectivity index (χ1v) is 10.5. The van der Waals surface area contributed by atoms with Crippen LogP contribution in [-0.4, -0.2) is 49.0 Å². The molecule has 1 fully saturated rings. The Bertz CT molecular complexity index is 1100. The molecule has 0 atom stereocenters. The van der Waals surface area contributed by atoms with Crippen LogP contribution in [0.1, 0.15) is 11.1 Å². The Morgan fingerprint density at radius 3 is 2.67 bits per heavy atom. The van der Waals surface area contributed by atoms with Crippen LogP contribution in [0.2, 0.25) is 5.02 Å². The average Bonchev–Trinajstić information content (AvgIpc) is 2.73. The van der Waals surface area contributed by atoms with Gasteiger partial charge in [0.15, 0.2) is 0 Å². The maximum Gasteiger partial charge on any atom is 0.248 e. The highest BCUT2D eigenvalue weighted by molar-refractivity contribution is 6.30. The van der Waals surface area contributed by atoms with Crippen LogP contribution in [0.25, 0.3) is 17.0 Å². The highest BCUT2D eigenvalue weighted by atomic mass is 35.5. The minimum Gasteiger partial charge on any atom is -0.354 e. The fourth-order valence-corrected chi connectivity index (χ4v) is 3.82. The number of halogens is 1. The van der Waals surface area contributed by atoms with Crippen LogP contribution in [0, 0.1) is 6.92 Å². The van der Waals surface area contributed by atoms with Crippen molar-refractivity contribution in [2.75, 3.05) is 43.4 Å². The molecule has 2 aromatic carbocycles. The highest BCUT2D eigenvalue weighted by Gasteiger charge is 2.16. The Kier molecular flexibility index (Phi) is 6.02. The van der Waals surface area contributed by atoms with Gasteiger partial charge in [-0.3, -0.25) is 4.79 Å². The number of rotatable bonds is 4. The topological polar surface area (TPSA) is 48.5 Å². The van der Waals surface area contributed by atoms with Gasteiger partial charge in [-0.1, -0.05) is 23.7 Å². The van der Waals surface area contributed by atoms with E-state index in [4.69, 9.17) is 16.6 Å². The summed E-state index contributed by atoms with van der Waals surface area (Å²) in [6.45, 7) is 6.16. The van der Waals surface area contributed by atoms with Crippen LogP contribution >= 0.6 is 11.6 Å². The minimum atomic E-state index is -0.186. The molecule has 30 heavy (non-hydrogen) atoms. The number of likely N-dealkylation sites (N-methyl/N-ethyl adjacent to an activating group) is 1. The monoisotopic (exact) mass is 420 g/mol. The van der Waals surface area contributed by atoms with Gasteiger partial charge in [0.2, 0.25) is 5.91 Å². The Labute approximate surface area is 182 Å². The first kappa shape index (κ1) is 20.4. The SMILES string of the molecule is Cc1cc(N2CCN(C)CC2)nc2ccc(NC(=O)/C=C/c3cccc(Cl)c3)cc12. The number of carbonyl (C=O) groups is 1. The Balaban J connectivity index is 1.49. The van der Waals surface area contributed by atoms with Gasteiger partial charge in [-0.25, -0.2) is 4.98 Å². The van der Waals surface area contributed by atoms with Crippen LogP contribution in [0.5, 0.6) is 0 Å². The first-order chi connectivity index (χ1) is 14.5. The Morgan fingerprint density at radius 1 is 1.10 bits per heavy atom. The third-order valence-corrected chi connectivity index (χ3v) is 5.61. The van der Waals surface area contributed by atoms with Gasteiger partial charge >= 0.3 is 0 Å². The van der Waals surface area contributed by atoms with E-state index in [9.17, 15) is 4.79 Å². The average molecular weight is 421 g/mol. The zero-order chi connectivity index (χ0) is 21.1. The molecule has 0 spiro atoms. The lowest BCUT2D eigenvalue weighted by atomic mass is 10.1. The molecule has 1 saturated heterocycles. The van der Waals surface area contributed by atoms with E-state index < -0.39 is 0 Å². The van der Waals surface area contributed by atoms with Crippen LogP contribution in [0.15, 0.2) is 54.6 Å². The fourth-order valence-electron chi connectivity index (χ4n) is 3.62. The summed E-state index contributed by atoms with van der Waals surface area (Å²) >= 11 is 5.98. The van der Waals surface area contributed by atoms with E-state index in [0.717, 1.165) is 59.7 Å². The summed E-state index contributed by atoms with van der Waals surface area (Å²) in [5, 5.41) is 4.62. The number of hydrogen-bond acceptors (Lipinski definition) is 4. The predicted molar refractivity (Wildman–Crippen MR) is 125 cm³/mol. The molecule has 1 aliphatic rings. The van der Waals surface area contributed by atoms with Gasteiger partial charge in [0.05, 0.1) is 5.52 Å². The molecular weight excluding hydrogens is 396 g/mol. The smallest absolute Gasteiger partial charge is 0.248 e. The number of benzene rings is 2. The second-order valence-corrected chi connectivity index (χ2v) is 8.13. The molecule has 0 radical (unpaired) electrons. The van der Waals surface area contributed by atoms with Crippen LogP contribution in [0.3, 0.4) is 0 Å².